The van der Waals surface area contributed by atoms with Crippen molar-refractivity contribution in [2.45, 2.75) is 18.6 Å². The monoisotopic (exact) mass is 244 g/mol. The molecule has 1 heterocycles. The van der Waals surface area contributed by atoms with Crippen molar-refractivity contribution in [1.82, 2.24) is 0 Å². The molecule has 0 aliphatic carbocycles. The van der Waals surface area contributed by atoms with Gasteiger partial charge in [0.25, 0.3) is 0 Å². The fourth-order valence-corrected chi connectivity index (χ4v) is 2.05. The Kier molecular flexibility index (Phi) is 4.60. The first-order chi connectivity index (χ1) is 7.60. The van der Waals surface area contributed by atoms with Crippen LogP contribution in [0, 0.1) is 0 Å². The zero-order valence-electron chi connectivity index (χ0n) is 8.62. The molecule has 1 aromatic heterocycles. The summed E-state index contributed by atoms with van der Waals surface area (Å²) in [6, 6.07) is 0. The lowest BCUT2D eigenvalue weighted by Crippen LogP contribution is -2.22. The molecule has 6 heteroatoms. The predicted octanol–water partition coefficient (Wildman–Crippen LogP) is 0.518. The Morgan fingerprint density at radius 1 is 1.56 bits per heavy atom. The van der Waals surface area contributed by atoms with Crippen molar-refractivity contribution in [2.24, 2.45) is 0 Å². The number of esters is 1. The highest BCUT2D eigenvalue weighted by molar-refractivity contribution is 7.08. The van der Waals surface area contributed by atoms with Gasteiger partial charge in [-0.05, 0) is 5.38 Å². The average molecular weight is 244 g/mol. The molecule has 0 amide bonds. The van der Waals surface area contributed by atoms with Gasteiger partial charge >= 0.3 is 5.97 Å². The second kappa shape index (κ2) is 5.74. The van der Waals surface area contributed by atoms with Crippen molar-refractivity contribution < 1.29 is 24.5 Å². The lowest BCUT2D eigenvalue weighted by molar-refractivity contribution is -0.144. The molecule has 0 radical (unpaired) electrons. The maximum atomic E-state index is 10.9. The number of aliphatic hydroxyl groups is 2. The van der Waals surface area contributed by atoms with E-state index in [9.17, 15) is 19.8 Å². The summed E-state index contributed by atoms with van der Waals surface area (Å²) in [6.07, 6.45) is -2.25. The SMILES string of the molecule is COC(=O)CC(O)C(O)c1cscc1C=O. The Morgan fingerprint density at radius 2 is 2.25 bits per heavy atom. The molecule has 16 heavy (non-hydrogen) atoms. The van der Waals surface area contributed by atoms with Crippen molar-refractivity contribution in [3.05, 3.63) is 21.9 Å². The predicted molar refractivity (Wildman–Crippen MR) is 57.3 cm³/mol. The number of aldehydes is 1. The summed E-state index contributed by atoms with van der Waals surface area (Å²) < 4.78 is 4.37. The molecule has 2 unspecified atom stereocenters. The lowest BCUT2D eigenvalue weighted by Gasteiger charge is -2.16. The molecule has 2 N–H and O–H groups in total. The Balaban J connectivity index is 2.73. The zero-order valence-corrected chi connectivity index (χ0v) is 9.44. The summed E-state index contributed by atoms with van der Waals surface area (Å²) in [4.78, 5) is 21.5. The summed E-state index contributed by atoms with van der Waals surface area (Å²) in [7, 11) is 1.20. The minimum Gasteiger partial charge on any atom is -0.469 e. The second-order valence-electron chi connectivity index (χ2n) is 3.19. The first kappa shape index (κ1) is 12.8. The number of hydrogen-bond donors (Lipinski definition) is 2. The van der Waals surface area contributed by atoms with Gasteiger partial charge in [-0.15, -0.1) is 0 Å². The van der Waals surface area contributed by atoms with Crippen LogP contribution in [0.5, 0.6) is 0 Å². The van der Waals surface area contributed by atoms with E-state index < -0.39 is 18.2 Å². The third-order valence-corrected chi connectivity index (χ3v) is 2.92. The van der Waals surface area contributed by atoms with E-state index in [1.165, 1.54) is 18.4 Å². The average Bonchev–Trinajstić information content (AvgIpc) is 2.75. The van der Waals surface area contributed by atoms with Crippen LogP contribution in [0.4, 0.5) is 0 Å². The van der Waals surface area contributed by atoms with Crippen LogP contribution in [0.2, 0.25) is 0 Å². The summed E-state index contributed by atoms with van der Waals surface area (Å²) in [5.41, 5.74) is 0.651. The molecule has 1 aromatic rings. The van der Waals surface area contributed by atoms with Gasteiger partial charge in [-0.2, -0.15) is 11.3 Å². The number of methoxy groups -OCH3 is 1. The smallest absolute Gasteiger partial charge is 0.308 e. The molecule has 1 rings (SSSR count). The highest BCUT2D eigenvalue weighted by Gasteiger charge is 2.24. The van der Waals surface area contributed by atoms with Gasteiger partial charge in [0.1, 0.15) is 6.10 Å². The maximum Gasteiger partial charge on any atom is 0.308 e. The second-order valence-corrected chi connectivity index (χ2v) is 3.94. The molecule has 0 aliphatic heterocycles. The third kappa shape index (κ3) is 2.88. The van der Waals surface area contributed by atoms with E-state index in [-0.39, 0.29) is 6.42 Å². The van der Waals surface area contributed by atoms with Gasteiger partial charge in [-0.3, -0.25) is 9.59 Å². The first-order valence-corrected chi connectivity index (χ1v) is 5.48. The van der Waals surface area contributed by atoms with Gasteiger partial charge in [0.05, 0.1) is 19.6 Å². The molecule has 0 spiro atoms. The normalized spacial score (nSPS) is 14.2. The van der Waals surface area contributed by atoms with Crippen LogP contribution in [-0.2, 0) is 9.53 Å². The van der Waals surface area contributed by atoms with Crippen molar-refractivity contribution in [3.8, 4) is 0 Å². The number of thiophene rings is 1. The number of aliphatic hydroxyl groups excluding tert-OH is 2. The fourth-order valence-electron chi connectivity index (χ4n) is 1.23. The van der Waals surface area contributed by atoms with Gasteiger partial charge in [0, 0.05) is 16.5 Å². The molecule has 0 saturated heterocycles. The maximum absolute atomic E-state index is 10.9. The minimum absolute atomic E-state index is 0.314. The Labute approximate surface area is 96.3 Å². The van der Waals surface area contributed by atoms with Crippen LogP contribution >= 0.6 is 11.3 Å². The molecule has 88 valence electrons. The number of rotatable bonds is 5. The van der Waals surface area contributed by atoms with Crippen molar-refractivity contribution in [3.63, 3.8) is 0 Å². The lowest BCUT2D eigenvalue weighted by atomic mass is 10.0. The molecular weight excluding hydrogens is 232 g/mol. The topological polar surface area (TPSA) is 83.8 Å². The summed E-state index contributed by atoms with van der Waals surface area (Å²) in [5, 5.41) is 22.4. The van der Waals surface area contributed by atoms with Crippen LogP contribution in [0.1, 0.15) is 28.4 Å². The molecule has 5 nitrogen and oxygen atoms in total. The van der Waals surface area contributed by atoms with Crippen LogP contribution in [-0.4, -0.2) is 35.7 Å². The van der Waals surface area contributed by atoms with Gasteiger partial charge in [0.15, 0.2) is 6.29 Å². The summed E-state index contributed by atoms with van der Waals surface area (Å²) >= 11 is 1.24. The Bertz CT molecular complexity index is 373. The van der Waals surface area contributed by atoms with E-state index in [1.54, 1.807) is 10.8 Å². The third-order valence-electron chi connectivity index (χ3n) is 2.14. The molecule has 0 fully saturated rings. The molecule has 0 aromatic carbocycles. The van der Waals surface area contributed by atoms with Crippen LogP contribution in [0.3, 0.4) is 0 Å². The van der Waals surface area contributed by atoms with E-state index in [2.05, 4.69) is 4.74 Å². The van der Waals surface area contributed by atoms with Crippen LogP contribution in [0.15, 0.2) is 10.8 Å². The number of carbonyl (C=O) groups excluding carboxylic acids is 2. The van der Waals surface area contributed by atoms with Gasteiger partial charge < -0.3 is 14.9 Å². The number of hydrogen-bond acceptors (Lipinski definition) is 6. The highest BCUT2D eigenvalue weighted by atomic mass is 32.1. The van der Waals surface area contributed by atoms with Crippen molar-refractivity contribution >= 4 is 23.6 Å². The summed E-state index contributed by atoms with van der Waals surface area (Å²) in [5.74, 6) is -0.616. The van der Waals surface area contributed by atoms with Gasteiger partial charge in [-0.1, -0.05) is 0 Å². The number of carbonyl (C=O) groups is 2. The number of ether oxygens (including phenoxy) is 1. The molecule has 0 aliphatic rings. The minimum atomic E-state index is -1.28. The summed E-state index contributed by atoms with van der Waals surface area (Å²) in [6.45, 7) is 0. The van der Waals surface area contributed by atoms with E-state index >= 15 is 0 Å². The standard InChI is InChI=1S/C10H12O5S/c1-15-9(13)2-8(12)10(14)7-5-16-4-6(7)3-11/h3-5,8,10,12,14H,2H2,1H3. The van der Waals surface area contributed by atoms with Crippen molar-refractivity contribution in [1.29, 1.82) is 0 Å². The van der Waals surface area contributed by atoms with Crippen LogP contribution < -0.4 is 0 Å². The van der Waals surface area contributed by atoms with E-state index in [0.29, 0.717) is 17.4 Å². The van der Waals surface area contributed by atoms with Crippen molar-refractivity contribution in [2.75, 3.05) is 7.11 Å². The van der Waals surface area contributed by atoms with Gasteiger partial charge in [0.2, 0.25) is 0 Å². The zero-order chi connectivity index (χ0) is 12.1. The van der Waals surface area contributed by atoms with E-state index in [0.717, 1.165) is 0 Å². The fraction of sp³-hybridized carbons (Fsp3) is 0.400. The van der Waals surface area contributed by atoms with Gasteiger partial charge in [-0.25, -0.2) is 0 Å². The highest BCUT2D eigenvalue weighted by Crippen LogP contribution is 2.25. The molecule has 0 saturated carbocycles. The molecular formula is C10H12O5S. The van der Waals surface area contributed by atoms with E-state index in [1.807, 2.05) is 0 Å². The van der Waals surface area contributed by atoms with Crippen LogP contribution in [0.25, 0.3) is 0 Å². The van der Waals surface area contributed by atoms with E-state index in [4.69, 9.17) is 0 Å². The molecule has 2 atom stereocenters. The Morgan fingerprint density at radius 3 is 2.81 bits per heavy atom. The molecule has 0 bridgehead atoms. The first-order valence-electron chi connectivity index (χ1n) is 4.54. The largest absolute Gasteiger partial charge is 0.469 e. The Hall–Kier alpha value is -1.24. The quantitative estimate of drug-likeness (QED) is 0.582.